The number of carbonyl (C=O) groups excluding carboxylic acids is 4. The molecular formula is C22H23N4NaO8S. The van der Waals surface area contributed by atoms with Gasteiger partial charge in [0.05, 0.1) is 6.54 Å². The molecular weight excluding hydrogens is 503 g/mol. The molecule has 0 radical (unpaired) electrons. The summed E-state index contributed by atoms with van der Waals surface area (Å²) in [5, 5.41) is 7.20. The van der Waals surface area contributed by atoms with Crippen LogP contribution in [0.25, 0.3) is 0 Å². The number of hydrogen-bond acceptors (Lipinski definition) is 8. The van der Waals surface area contributed by atoms with Crippen molar-refractivity contribution in [1.82, 2.24) is 20.3 Å². The smallest absolute Gasteiger partial charge is 0.731 e. The maximum atomic E-state index is 12.9. The van der Waals surface area contributed by atoms with E-state index in [4.69, 9.17) is 4.74 Å². The molecule has 0 aromatic heterocycles. The van der Waals surface area contributed by atoms with Crippen LogP contribution in [0.5, 0.6) is 0 Å². The number of amides is 4. The molecule has 3 N–H and O–H groups in total. The molecule has 1 saturated heterocycles. The summed E-state index contributed by atoms with van der Waals surface area (Å²) in [6, 6.07) is 13.4. The first-order valence-corrected chi connectivity index (χ1v) is 11.8. The van der Waals surface area contributed by atoms with Crippen LogP contribution in [0, 0.1) is 0 Å². The van der Waals surface area contributed by atoms with Crippen LogP contribution in [-0.4, -0.2) is 59.7 Å². The van der Waals surface area contributed by atoms with E-state index in [0.29, 0.717) is 5.56 Å². The molecule has 1 heterocycles. The van der Waals surface area contributed by atoms with Gasteiger partial charge in [-0.3, -0.25) is 14.4 Å². The first kappa shape index (κ1) is 29.3. The van der Waals surface area contributed by atoms with Crippen LogP contribution in [0.2, 0.25) is 0 Å². The van der Waals surface area contributed by atoms with Gasteiger partial charge in [0.15, 0.2) is 10.3 Å². The van der Waals surface area contributed by atoms with Gasteiger partial charge in [0.1, 0.15) is 24.7 Å². The average molecular weight is 527 g/mol. The van der Waals surface area contributed by atoms with E-state index in [2.05, 4.69) is 16.0 Å². The number of hydrogen-bond donors (Lipinski definition) is 3. The van der Waals surface area contributed by atoms with Crippen molar-refractivity contribution in [2.24, 2.45) is 0 Å². The van der Waals surface area contributed by atoms with E-state index >= 15 is 0 Å². The summed E-state index contributed by atoms with van der Waals surface area (Å²) in [6.07, 6.45) is -0.837. The molecule has 2 aromatic carbocycles. The Bertz CT molecular complexity index is 1200. The van der Waals surface area contributed by atoms with E-state index in [0.717, 1.165) is 5.56 Å². The molecule has 36 heavy (non-hydrogen) atoms. The molecule has 3 atom stereocenters. The van der Waals surface area contributed by atoms with Crippen molar-refractivity contribution in [3.05, 3.63) is 71.8 Å². The second-order valence-electron chi connectivity index (χ2n) is 7.67. The summed E-state index contributed by atoms with van der Waals surface area (Å²) >= 11 is 0. The van der Waals surface area contributed by atoms with Gasteiger partial charge in [-0.1, -0.05) is 60.7 Å². The number of rotatable bonds is 9. The maximum Gasteiger partial charge on any atom is 1.00 e. The van der Waals surface area contributed by atoms with Crippen molar-refractivity contribution >= 4 is 34.1 Å². The van der Waals surface area contributed by atoms with Crippen LogP contribution < -0.4 is 45.5 Å². The Labute approximate surface area is 229 Å². The molecule has 12 nitrogen and oxygen atoms in total. The number of nitrogens with one attached hydrogen (secondary N) is 3. The monoisotopic (exact) mass is 526 g/mol. The SMILES string of the molecule is C[C@@H](NC(=O)OCc1ccccc1)C(=O)N[C@@H](C(=O)NC1CN(S(=O)(=O)[O-])C1=O)c1ccccc1.[Na+]. The minimum Gasteiger partial charge on any atom is -0.731 e. The molecule has 14 heteroatoms. The summed E-state index contributed by atoms with van der Waals surface area (Å²) in [4.78, 5) is 49.5. The summed E-state index contributed by atoms with van der Waals surface area (Å²) in [5.74, 6) is -2.58. The topological polar surface area (TPSA) is 174 Å². The van der Waals surface area contributed by atoms with Crippen LogP contribution in [0.4, 0.5) is 4.79 Å². The predicted octanol–water partition coefficient (Wildman–Crippen LogP) is -3.05. The van der Waals surface area contributed by atoms with Gasteiger partial charge < -0.3 is 25.2 Å². The number of β-lactam (4-membered cyclic amide) rings is 1. The first-order chi connectivity index (χ1) is 16.6. The van der Waals surface area contributed by atoms with Gasteiger partial charge in [-0.05, 0) is 18.1 Å². The normalized spacial score (nSPS) is 16.4. The summed E-state index contributed by atoms with van der Waals surface area (Å²) in [5.41, 5.74) is 1.13. The molecule has 0 aliphatic carbocycles. The van der Waals surface area contributed by atoms with Gasteiger partial charge in [-0.25, -0.2) is 17.5 Å². The van der Waals surface area contributed by atoms with Crippen molar-refractivity contribution in [2.45, 2.75) is 31.7 Å². The van der Waals surface area contributed by atoms with E-state index < -0.39 is 58.8 Å². The molecule has 1 aliphatic rings. The molecule has 1 aliphatic heterocycles. The number of benzene rings is 2. The van der Waals surface area contributed by atoms with Crippen molar-refractivity contribution in [1.29, 1.82) is 0 Å². The Morgan fingerprint density at radius 1 is 1.03 bits per heavy atom. The fraction of sp³-hybridized carbons (Fsp3) is 0.273. The molecule has 0 bridgehead atoms. The van der Waals surface area contributed by atoms with Crippen molar-refractivity contribution in [3.8, 4) is 0 Å². The zero-order chi connectivity index (χ0) is 25.6. The molecule has 2 aromatic rings. The maximum absolute atomic E-state index is 12.9. The average Bonchev–Trinajstić information content (AvgIpc) is 2.83. The van der Waals surface area contributed by atoms with E-state index in [1.165, 1.54) is 6.92 Å². The molecule has 0 spiro atoms. The predicted molar refractivity (Wildman–Crippen MR) is 120 cm³/mol. The first-order valence-electron chi connectivity index (χ1n) is 10.5. The third kappa shape index (κ3) is 7.77. The minimum atomic E-state index is -4.96. The van der Waals surface area contributed by atoms with Crippen LogP contribution in [0.15, 0.2) is 60.7 Å². The summed E-state index contributed by atoms with van der Waals surface area (Å²) in [6.45, 7) is 0.893. The molecule has 186 valence electrons. The third-order valence-corrected chi connectivity index (χ3v) is 5.97. The van der Waals surface area contributed by atoms with Crippen LogP contribution >= 0.6 is 0 Å². The molecule has 3 rings (SSSR count). The Hall–Kier alpha value is -2.97. The molecule has 4 amide bonds. The fourth-order valence-electron chi connectivity index (χ4n) is 3.18. The van der Waals surface area contributed by atoms with Crippen LogP contribution in [0.3, 0.4) is 0 Å². The Morgan fingerprint density at radius 3 is 2.17 bits per heavy atom. The Morgan fingerprint density at radius 2 is 1.61 bits per heavy atom. The summed E-state index contributed by atoms with van der Waals surface area (Å²) in [7, 11) is -4.96. The van der Waals surface area contributed by atoms with E-state index in [1.54, 1.807) is 54.6 Å². The molecule has 1 unspecified atom stereocenters. The van der Waals surface area contributed by atoms with Gasteiger partial charge in [0.25, 0.3) is 5.91 Å². The number of carbonyl (C=O) groups is 4. The summed E-state index contributed by atoms with van der Waals surface area (Å²) < 4.78 is 38.1. The van der Waals surface area contributed by atoms with Gasteiger partial charge in [0, 0.05) is 0 Å². The quantitative estimate of drug-likeness (QED) is 0.176. The standard InChI is InChI=1S/C22H24N4O8S.Na/c1-14(23-22(30)34-13-15-8-4-2-5-9-15)19(27)25-18(16-10-6-3-7-11-16)20(28)24-17-12-26(21(17)29)35(31,32)33;/h2-11,14,17-18H,12-13H2,1H3,(H,23,30)(H,24,28)(H,25,27)(H,31,32,33);/q;+1/p-1/t14-,17?,18-;/m1./s1. The second-order valence-corrected chi connectivity index (χ2v) is 8.96. The number of nitrogens with zero attached hydrogens (tertiary/aromatic N) is 1. The van der Waals surface area contributed by atoms with E-state index in [1.807, 2.05) is 6.07 Å². The van der Waals surface area contributed by atoms with Crippen LogP contribution in [0.1, 0.15) is 24.1 Å². The minimum absolute atomic E-state index is 0. The van der Waals surface area contributed by atoms with Gasteiger partial charge >= 0.3 is 35.7 Å². The molecule has 1 fully saturated rings. The number of ether oxygens (including phenoxy) is 1. The van der Waals surface area contributed by atoms with Gasteiger partial charge in [0.2, 0.25) is 11.8 Å². The van der Waals surface area contributed by atoms with E-state index in [-0.39, 0.29) is 40.5 Å². The third-order valence-electron chi connectivity index (χ3n) is 5.10. The van der Waals surface area contributed by atoms with Crippen molar-refractivity contribution < 1.29 is 66.4 Å². The fourth-order valence-corrected chi connectivity index (χ4v) is 3.86. The van der Waals surface area contributed by atoms with Crippen molar-refractivity contribution in [3.63, 3.8) is 0 Å². The Balaban J connectivity index is 0.00000456. The zero-order valence-electron chi connectivity index (χ0n) is 19.5. The van der Waals surface area contributed by atoms with Crippen LogP contribution in [-0.2, 0) is 36.0 Å². The zero-order valence-corrected chi connectivity index (χ0v) is 22.4. The Kier molecular flexibility index (Phi) is 10.4. The number of alkyl carbamates (subject to hydrolysis) is 1. The van der Waals surface area contributed by atoms with Gasteiger partial charge in [-0.15, -0.1) is 0 Å². The van der Waals surface area contributed by atoms with E-state index in [9.17, 15) is 32.1 Å². The molecule has 0 saturated carbocycles. The largest absolute Gasteiger partial charge is 1.00 e. The second kappa shape index (κ2) is 12.8. The van der Waals surface area contributed by atoms with Gasteiger partial charge in [-0.2, -0.15) is 0 Å². The van der Waals surface area contributed by atoms with Crippen molar-refractivity contribution in [2.75, 3.05) is 6.54 Å².